The fourth-order valence-corrected chi connectivity index (χ4v) is 2.97. The topological polar surface area (TPSA) is 59.7 Å². The van der Waals surface area contributed by atoms with Crippen LogP contribution in [0.15, 0.2) is 49.1 Å². The summed E-state index contributed by atoms with van der Waals surface area (Å²) in [6.07, 6.45) is 7.93. The van der Waals surface area contributed by atoms with E-state index in [0.29, 0.717) is 16.7 Å². The summed E-state index contributed by atoms with van der Waals surface area (Å²) in [5.41, 5.74) is 1.84. The molecule has 0 aliphatic rings. The Kier molecular flexibility index (Phi) is 6.49. The molecule has 0 saturated carbocycles. The van der Waals surface area contributed by atoms with Crippen molar-refractivity contribution in [3.05, 3.63) is 64.7 Å². The second kappa shape index (κ2) is 9.02. The largest absolute Gasteiger partial charge is 0.362 e. The van der Waals surface area contributed by atoms with Crippen LogP contribution < -0.4 is 10.6 Å². The lowest BCUT2D eigenvalue weighted by molar-refractivity contribution is 0.574. The van der Waals surface area contributed by atoms with Gasteiger partial charge in [-0.3, -0.25) is 9.36 Å². The molecule has 6 nitrogen and oxygen atoms in total. The van der Waals surface area contributed by atoms with E-state index in [4.69, 9.17) is 35.4 Å². The van der Waals surface area contributed by atoms with E-state index < -0.39 is 0 Å². The van der Waals surface area contributed by atoms with Gasteiger partial charge in [-0.1, -0.05) is 41.4 Å². The highest BCUT2D eigenvalue weighted by atomic mass is 35.5. The van der Waals surface area contributed by atoms with Crippen LogP contribution in [0.5, 0.6) is 0 Å². The molecule has 0 aliphatic heterocycles. The predicted octanol–water partition coefficient (Wildman–Crippen LogP) is 3.81. The Morgan fingerprint density at radius 2 is 1.88 bits per heavy atom. The second-order valence-electron chi connectivity index (χ2n) is 5.67. The number of aryl methyl sites for hydroxylation is 1. The van der Waals surface area contributed by atoms with Gasteiger partial charge in [-0.2, -0.15) is 10.2 Å². The number of thiocarbonyl (C=S) groups is 1. The molecule has 3 aromatic rings. The fraction of sp³-hybridized carbons (Fsp3) is 0.235. The first-order valence-corrected chi connectivity index (χ1v) is 9.25. The Morgan fingerprint density at radius 1 is 1.08 bits per heavy atom. The minimum Gasteiger partial charge on any atom is -0.362 e. The molecular formula is C17H18Cl2N6S. The minimum absolute atomic E-state index is 0.556. The minimum atomic E-state index is 0.556. The molecule has 9 heteroatoms. The van der Waals surface area contributed by atoms with Crippen molar-refractivity contribution in [3.63, 3.8) is 0 Å². The van der Waals surface area contributed by atoms with E-state index >= 15 is 0 Å². The van der Waals surface area contributed by atoms with Gasteiger partial charge in [0.1, 0.15) is 0 Å². The summed E-state index contributed by atoms with van der Waals surface area (Å²) in [4.78, 5) is 0. The molecule has 0 fully saturated rings. The van der Waals surface area contributed by atoms with Crippen molar-refractivity contribution in [1.29, 1.82) is 0 Å². The molecule has 0 amide bonds. The number of aromatic nitrogens is 4. The van der Waals surface area contributed by atoms with Crippen LogP contribution >= 0.6 is 35.4 Å². The number of hydrogen-bond donors (Lipinski definition) is 2. The first-order chi connectivity index (χ1) is 12.6. The summed E-state index contributed by atoms with van der Waals surface area (Å²) in [7, 11) is 0. The Bertz CT molecular complexity index is 876. The first kappa shape index (κ1) is 18.7. The van der Waals surface area contributed by atoms with E-state index in [1.54, 1.807) is 23.3 Å². The standard InChI is InChI=1S/C17H18Cl2N6S/c18-14-8-21-24(11-14)7-3-6-20-17(26)23-15-9-22-25(12-15)10-13-4-1-2-5-16(13)19/h1-2,4-5,8-9,11-12H,3,6-7,10H2,(H2,20,23,26). The lowest BCUT2D eigenvalue weighted by Gasteiger charge is -2.09. The van der Waals surface area contributed by atoms with Gasteiger partial charge in [0, 0.05) is 30.5 Å². The molecular weight excluding hydrogens is 391 g/mol. The average molecular weight is 409 g/mol. The summed E-state index contributed by atoms with van der Waals surface area (Å²) in [6, 6.07) is 7.72. The number of nitrogens with one attached hydrogen (secondary N) is 2. The zero-order valence-corrected chi connectivity index (χ0v) is 16.2. The van der Waals surface area contributed by atoms with Crippen molar-refractivity contribution >= 4 is 46.2 Å². The Hall–Kier alpha value is -2.09. The molecule has 1 aromatic carbocycles. The molecule has 136 valence electrons. The van der Waals surface area contributed by atoms with Gasteiger partial charge in [-0.05, 0) is 30.3 Å². The SMILES string of the molecule is S=C(NCCCn1cc(Cl)cn1)Nc1cnn(Cc2ccccc2Cl)c1. The monoisotopic (exact) mass is 408 g/mol. The van der Waals surface area contributed by atoms with Gasteiger partial charge in [0.25, 0.3) is 0 Å². The van der Waals surface area contributed by atoms with E-state index in [-0.39, 0.29) is 0 Å². The Morgan fingerprint density at radius 3 is 2.65 bits per heavy atom. The predicted molar refractivity (Wildman–Crippen MR) is 109 cm³/mol. The fourth-order valence-electron chi connectivity index (χ4n) is 2.39. The van der Waals surface area contributed by atoms with Crippen molar-refractivity contribution in [2.75, 3.05) is 11.9 Å². The third-order valence-corrected chi connectivity index (χ3v) is 4.44. The Labute approximate surface area is 167 Å². The maximum atomic E-state index is 6.18. The smallest absolute Gasteiger partial charge is 0.170 e. The molecule has 0 spiro atoms. The number of rotatable bonds is 7. The highest BCUT2D eigenvalue weighted by Gasteiger charge is 2.04. The number of hydrogen-bond acceptors (Lipinski definition) is 3. The summed E-state index contributed by atoms with van der Waals surface area (Å²) in [5.74, 6) is 0. The third-order valence-electron chi connectivity index (χ3n) is 3.63. The normalized spacial score (nSPS) is 10.7. The van der Waals surface area contributed by atoms with Crippen LogP contribution in [0.3, 0.4) is 0 Å². The highest BCUT2D eigenvalue weighted by molar-refractivity contribution is 7.80. The van der Waals surface area contributed by atoms with Crippen LogP contribution in [0.25, 0.3) is 0 Å². The molecule has 2 aromatic heterocycles. The van der Waals surface area contributed by atoms with E-state index in [9.17, 15) is 0 Å². The van der Waals surface area contributed by atoms with Gasteiger partial charge < -0.3 is 10.6 Å². The zero-order chi connectivity index (χ0) is 18.4. The van der Waals surface area contributed by atoms with Gasteiger partial charge in [0.15, 0.2) is 5.11 Å². The van der Waals surface area contributed by atoms with E-state index in [0.717, 1.165) is 35.8 Å². The number of halogens is 2. The number of anilines is 1. The van der Waals surface area contributed by atoms with Crippen LogP contribution in [0.4, 0.5) is 5.69 Å². The molecule has 2 N–H and O–H groups in total. The first-order valence-electron chi connectivity index (χ1n) is 8.09. The molecule has 2 heterocycles. The lowest BCUT2D eigenvalue weighted by Crippen LogP contribution is -2.29. The second-order valence-corrected chi connectivity index (χ2v) is 6.93. The summed E-state index contributed by atoms with van der Waals surface area (Å²) < 4.78 is 3.62. The maximum Gasteiger partial charge on any atom is 0.170 e. The molecule has 0 radical (unpaired) electrons. The van der Waals surface area contributed by atoms with E-state index in [1.165, 1.54) is 0 Å². The van der Waals surface area contributed by atoms with Crippen molar-refractivity contribution in [1.82, 2.24) is 24.9 Å². The van der Waals surface area contributed by atoms with E-state index in [1.807, 2.05) is 35.1 Å². The molecule has 3 rings (SSSR count). The molecule has 0 aliphatic carbocycles. The van der Waals surface area contributed by atoms with Crippen molar-refractivity contribution in [3.8, 4) is 0 Å². The number of nitrogens with zero attached hydrogens (tertiary/aromatic N) is 4. The van der Waals surface area contributed by atoms with Crippen LogP contribution in [-0.4, -0.2) is 31.2 Å². The van der Waals surface area contributed by atoms with Gasteiger partial charge in [0.2, 0.25) is 0 Å². The van der Waals surface area contributed by atoms with Crippen LogP contribution in [0.1, 0.15) is 12.0 Å². The van der Waals surface area contributed by atoms with Gasteiger partial charge in [-0.25, -0.2) is 0 Å². The highest BCUT2D eigenvalue weighted by Crippen LogP contribution is 2.16. The van der Waals surface area contributed by atoms with Gasteiger partial charge in [0.05, 0.1) is 29.6 Å². The van der Waals surface area contributed by atoms with Crippen LogP contribution in [-0.2, 0) is 13.1 Å². The molecule has 0 atom stereocenters. The van der Waals surface area contributed by atoms with Crippen molar-refractivity contribution in [2.45, 2.75) is 19.5 Å². The average Bonchev–Trinajstić information content (AvgIpc) is 3.23. The van der Waals surface area contributed by atoms with Crippen LogP contribution in [0, 0.1) is 0 Å². The van der Waals surface area contributed by atoms with Crippen LogP contribution in [0.2, 0.25) is 10.0 Å². The van der Waals surface area contributed by atoms with Crippen molar-refractivity contribution < 1.29 is 0 Å². The van der Waals surface area contributed by atoms with Crippen molar-refractivity contribution in [2.24, 2.45) is 0 Å². The molecule has 0 bridgehead atoms. The molecule has 0 saturated heterocycles. The molecule has 0 unspecified atom stereocenters. The number of benzene rings is 1. The van der Waals surface area contributed by atoms with Gasteiger partial charge >= 0.3 is 0 Å². The zero-order valence-electron chi connectivity index (χ0n) is 13.9. The van der Waals surface area contributed by atoms with E-state index in [2.05, 4.69) is 20.8 Å². The Balaban J connectivity index is 1.42. The summed E-state index contributed by atoms with van der Waals surface area (Å²) in [5, 5.41) is 16.7. The summed E-state index contributed by atoms with van der Waals surface area (Å²) in [6.45, 7) is 2.11. The van der Waals surface area contributed by atoms with Gasteiger partial charge in [-0.15, -0.1) is 0 Å². The third kappa shape index (κ3) is 5.45. The quantitative estimate of drug-likeness (QED) is 0.459. The maximum absolute atomic E-state index is 6.18. The summed E-state index contributed by atoms with van der Waals surface area (Å²) >= 11 is 17.3. The lowest BCUT2D eigenvalue weighted by atomic mass is 10.2. The molecule has 26 heavy (non-hydrogen) atoms.